The third-order valence-corrected chi connectivity index (χ3v) is 4.15. The molecule has 1 aliphatic heterocycles. The number of aliphatic hydroxyl groups excluding tert-OH is 1. The molecule has 0 spiro atoms. The van der Waals surface area contributed by atoms with Crippen LogP contribution in [0.5, 0.6) is 0 Å². The van der Waals surface area contributed by atoms with Gasteiger partial charge < -0.3 is 5.11 Å². The molecule has 0 radical (unpaired) electrons. The minimum absolute atomic E-state index is 0.344. The second-order valence-electron chi connectivity index (χ2n) is 5.61. The summed E-state index contributed by atoms with van der Waals surface area (Å²) in [4.78, 5) is 2.56. The summed E-state index contributed by atoms with van der Waals surface area (Å²) < 4.78 is 0. The lowest BCUT2D eigenvalue weighted by molar-refractivity contribution is 0.112. The quantitative estimate of drug-likeness (QED) is 0.865. The van der Waals surface area contributed by atoms with E-state index in [9.17, 15) is 0 Å². The van der Waals surface area contributed by atoms with Crippen LogP contribution < -0.4 is 0 Å². The number of hydrogen-bond donors (Lipinski definition) is 1. The second kappa shape index (κ2) is 6.91. The topological polar surface area (TPSA) is 23.5 Å². The molecular weight excluding hydrogens is 222 g/mol. The molecule has 0 amide bonds. The minimum atomic E-state index is 0.344. The fourth-order valence-corrected chi connectivity index (χ4v) is 3.05. The zero-order chi connectivity index (χ0) is 12.8. The van der Waals surface area contributed by atoms with Crippen LogP contribution in [0.25, 0.3) is 0 Å². The summed E-state index contributed by atoms with van der Waals surface area (Å²) in [6.07, 6.45) is 3.44. The summed E-state index contributed by atoms with van der Waals surface area (Å²) in [6.45, 7) is 6.19. The monoisotopic (exact) mass is 247 g/mol. The molecule has 2 nitrogen and oxygen atoms in total. The zero-order valence-corrected chi connectivity index (χ0v) is 11.4. The van der Waals surface area contributed by atoms with Gasteiger partial charge in [0, 0.05) is 19.7 Å². The van der Waals surface area contributed by atoms with Crippen molar-refractivity contribution in [2.24, 2.45) is 11.8 Å². The predicted octanol–water partition coefficient (Wildman–Crippen LogP) is 2.92. The molecular formula is C16H25NO. The molecule has 1 fully saturated rings. The van der Waals surface area contributed by atoms with Gasteiger partial charge in [-0.3, -0.25) is 4.90 Å². The van der Waals surface area contributed by atoms with E-state index in [4.69, 9.17) is 5.11 Å². The molecule has 1 heterocycles. The Hall–Kier alpha value is -0.860. The van der Waals surface area contributed by atoms with Gasteiger partial charge in [-0.25, -0.2) is 0 Å². The van der Waals surface area contributed by atoms with Gasteiger partial charge in [-0.15, -0.1) is 0 Å². The van der Waals surface area contributed by atoms with Crippen LogP contribution in [0.15, 0.2) is 30.3 Å². The molecule has 0 aliphatic carbocycles. The fraction of sp³-hybridized carbons (Fsp3) is 0.625. The van der Waals surface area contributed by atoms with E-state index in [0.29, 0.717) is 6.61 Å². The van der Waals surface area contributed by atoms with Crippen molar-refractivity contribution in [3.8, 4) is 0 Å². The number of hydrogen-bond acceptors (Lipinski definition) is 2. The van der Waals surface area contributed by atoms with Gasteiger partial charge in [0.15, 0.2) is 0 Å². The number of piperidine rings is 1. The first kappa shape index (κ1) is 13.6. The van der Waals surface area contributed by atoms with Crippen molar-refractivity contribution >= 4 is 0 Å². The molecule has 0 bridgehead atoms. The van der Waals surface area contributed by atoms with E-state index >= 15 is 0 Å². The summed E-state index contributed by atoms with van der Waals surface area (Å²) in [5.74, 6) is 1.57. The summed E-state index contributed by atoms with van der Waals surface area (Å²) >= 11 is 0. The Morgan fingerprint density at radius 2 is 2.06 bits per heavy atom. The molecule has 1 N–H and O–H groups in total. The Labute approximate surface area is 111 Å². The van der Waals surface area contributed by atoms with Gasteiger partial charge >= 0.3 is 0 Å². The van der Waals surface area contributed by atoms with E-state index in [1.807, 2.05) is 0 Å². The number of aliphatic hydroxyl groups is 1. The molecule has 1 aliphatic rings. The van der Waals surface area contributed by atoms with Gasteiger partial charge in [0.05, 0.1) is 0 Å². The maximum absolute atomic E-state index is 8.92. The van der Waals surface area contributed by atoms with Crippen LogP contribution in [-0.2, 0) is 6.54 Å². The maximum Gasteiger partial charge on any atom is 0.0431 e. The molecule has 2 unspecified atom stereocenters. The summed E-state index contributed by atoms with van der Waals surface area (Å²) in [5, 5.41) is 8.92. The highest BCUT2D eigenvalue weighted by atomic mass is 16.2. The number of benzene rings is 1. The molecule has 2 atom stereocenters. The molecule has 2 rings (SSSR count). The van der Waals surface area contributed by atoms with Crippen LogP contribution in [0.2, 0.25) is 0 Å². The lowest BCUT2D eigenvalue weighted by Crippen LogP contribution is -2.38. The zero-order valence-electron chi connectivity index (χ0n) is 11.4. The number of likely N-dealkylation sites (tertiary alicyclic amines) is 1. The molecule has 18 heavy (non-hydrogen) atoms. The van der Waals surface area contributed by atoms with Gasteiger partial charge in [-0.05, 0) is 43.2 Å². The van der Waals surface area contributed by atoms with Crippen LogP contribution in [0.1, 0.15) is 31.7 Å². The Bertz CT molecular complexity index is 338. The minimum Gasteiger partial charge on any atom is -0.396 e. The van der Waals surface area contributed by atoms with Crippen molar-refractivity contribution < 1.29 is 5.11 Å². The molecule has 100 valence electrons. The molecule has 2 heteroatoms. The predicted molar refractivity (Wildman–Crippen MR) is 75.3 cm³/mol. The largest absolute Gasteiger partial charge is 0.396 e. The van der Waals surface area contributed by atoms with Crippen molar-refractivity contribution in [2.45, 2.75) is 32.7 Å². The highest BCUT2D eigenvalue weighted by Gasteiger charge is 2.25. The summed E-state index contributed by atoms with van der Waals surface area (Å²) in [5.41, 5.74) is 1.42. The van der Waals surface area contributed by atoms with Crippen LogP contribution >= 0.6 is 0 Å². The normalized spacial score (nSPS) is 25.2. The summed E-state index contributed by atoms with van der Waals surface area (Å²) in [7, 11) is 0. The molecule has 0 aromatic heterocycles. The smallest absolute Gasteiger partial charge is 0.0431 e. The van der Waals surface area contributed by atoms with Crippen molar-refractivity contribution in [1.82, 2.24) is 4.90 Å². The first-order chi connectivity index (χ1) is 8.79. The first-order valence-electron chi connectivity index (χ1n) is 7.16. The van der Waals surface area contributed by atoms with E-state index in [-0.39, 0.29) is 0 Å². The van der Waals surface area contributed by atoms with Crippen LogP contribution in [0.3, 0.4) is 0 Å². The van der Waals surface area contributed by atoms with E-state index < -0.39 is 0 Å². The molecule has 1 saturated heterocycles. The lowest BCUT2D eigenvalue weighted by atomic mass is 9.83. The van der Waals surface area contributed by atoms with E-state index in [0.717, 1.165) is 24.8 Å². The van der Waals surface area contributed by atoms with Crippen molar-refractivity contribution in [3.63, 3.8) is 0 Å². The highest BCUT2D eigenvalue weighted by Crippen LogP contribution is 2.27. The Kier molecular flexibility index (Phi) is 5.21. The lowest BCUT2D eigenvalue weighted by Gasteiger charge is -2.37. The molecule has 1 aromatic carbocycles. The van der Waals surface area contributed by atoms with Crippen LogP contribution in [-0.4, -0.2) is 29.7 Å². The van der Waals surface area contributed by atoms with E-state index in [2.05, 4.69) is 42.2 Å². The standard InChI is InChI=1S/C16H25NO/c1-14-12-17(10-9-16(14)8-5-11-18)13-15-6-3-2-4-7-15/h2-4,6-7,14,16,18H,5,8-13H2,1H3. The SMILES string of the molecule is CC1CN(Cc2ccccc2)CCC1CCCO. The molecule has 1 aromatic rings. The Balaban J connectivity index is 1.81. The van der Waals surface area contributed by atoms with Gasteiger partial charge in [-0.1, -0.05) is 37.3 Å². The van der Waals surface area contributed by atoms with Crippen molar-refractivity contribution in [2.75, 3.05) is 19.7 Å². The van der Waals surface area contributed by atoms with Gasteiger partial charge in [-0.2, -0.15) is 0 Å². The highest BCUT2D eigenvalue weighted by molar-refractivity contribution is 5.14. The fourth-order valence-electron chi connectivity index (χ4n) is 3.05. The third kappa shape index (κ3) is 3.82. The third-order valence-electron chi connectivity index (χ3n) is 4.15. The summed E-state index contributed by atoms with van der Waals surface area (Å²) in [6, 6.07) is 10.7. The Morgan fingerprint density at radius 1 is 1.28 bits per heavy atom. The second-order valence-corrected chi connectivity index (χ2v) is 5.61. The Morgan fingerprint density at radius 3 is 2.72 bits per heavy atom. The van der Waals surface area contributed by atoms with E-state index in [1.165, 1.54) is 31.5 Å². The van der Waals surface area contributed by atoms with Gasteiger partial charge in [0.25, 0.3) is 0 Å². The first-order valence-corrected chi connectivity index (χ1v) is 7.16. The van der Waals surface area contributed by atoms with Crippen molar-refractivity contribution in [3.05, 3.63) is 35.9 Å². The number of nitrogens with zero attached hydrogens (tertiary/aromatic N) is 1. The number of rotatable bonds is 5. The van der Waals surface area contributed by atoms with E-state index in [1.54, 1.807) is 0 Å². The average molecular weight is 247 g/mol. The van der Waals surface area contributed by atoms with Crippen molar-refractivity contribution in [1.29, 1.82) is 0 Å². The molecule has 0 saturated carbocycles. The van der Waals surface area contributed by atoms with Crippen LogP contribution in [0, 0.1) is 11.8 Å². The van der Waals surface area contributed by atoms with Crippen LogP contribution in [0.4, 0.5) is 0 Å². The van der Waals surface area contributed by atoms with Gasteiger partial charge in [0.1, 0.15) is 0 Å². The maximum atomic E-state index is 8.92. The average Bonchev–Trinajstić information content (AvgIpc) is 2.39. The van der Waals surface area contributed by atoms with Gasteiger partial charge in [0.2, 0.25) is 0 Å².